The zero-order valence-corrected chi connectivity index (χ0v) is 11.1. The Morgan fingerprint density at radius 3 is 2.95 bits per heavy atom. The molecule has 0 saturated carbocycles. The Morgan fingerprint density at radius 2 is 2.21 bits per heavy atom. The van der Waals surface area contributed by atoms with Crippen LogP contribution in [-0.4, -0.2) is 19.1 Å². The van der Waals surface area contributed by atoms with Gasteiger partial charge in [0.05, 0.1) is 23.4 Å². The van der Waals surface area contributed by atoms with Gasteiger partial charge < -0.3 is 14.9 Å². The monoisotopic (exact) mass is 255 g/mol. The van der Waals surface area contributed by atoms with Crippen molar-refractivity contribution >= 4 is 17.0 Å². The Bertz CT molecular complexity index is 696. The third-order valence-electron chi connectivity index (χ3n) is 3.41. The highest BCUT2D eigenvalue weighted by Gasteiger charge is 2.15. The second kappa shape index (κ2) is 4.42. The number of imidazole rings is 2. The first-order valence-electron chi connectivity index (χ1n) is 6.35. The Kier molecular flexibility index (Phi) is 2.74. The molecule has 0 amide bonds. The fourth-order valence-corrected chi connectivity index (χ4v) is 2.57. The maximum Gasteiger partial charge on any atom is 0.201 e. The number of aromatic nitrogens is 4. The number of hydrogen-bond acceptors (Lipinski definition) is 3. The van der Waals surface area contributed by atoms with Crippen LogP contribution in [-0.2, 0) is 6.54 Å². The van der Waals surface area contributed by atoms with Crippen molar-refractivity contribution in [3.63, 3.8) is 0 Å². The lowest BCUT2D eigenvalue weighted by molar-refractivity contribution is 0.478. The van der Waals surface area contributed by atoms with E-state index >= 15 is 0 Å². The van der Waals surface area contributed by atoms with Gasteiger partial charge in [0.1, 0.15) is 0 Å². The van der Waals surface area contributed by atoms with Crippen LogP contribution in [0.3, 0.4) is 0 Å². The third-order valence-corrected chi connectivity index (χ3v) is 3.41. The average molecular weight is 255 g/mol. The minimum absolute atomic E-state index is 0.222. The first-order chi connectivity index (χ1) is 9.16. The summed E-state index contributed by atoms with van der Waals surface area (Å²) in [6.07, 6.45) is 5.56. The normalized spacial score (nSPS) is 12.9. The summed E-state index contributed by atoms with van der Waals surface area (Å²) in [5.74, 6) is 0.567. The Morgan fingerprint density at radius 1 is 1.37 bits per heavy atom. The third kappa shape index (κ3) is 1.97. The fourth-order valence-electron chi connectivity index (χ4n) is 2.57. The van der Waals surface area contributed by atoms with Crippen molar-refractivity contribution in [2.45, 2.75) is 26.4 Å². The van der Waals surface area contributed by atoms with E-state index in [1.807, 2.05) is 29.2 Å². The number of nitrogens with two attached hydrogens (primary N) is 1. The van der Waals surface area contributed by atoms with E-state index in [1.54, 1.807) is 6.20 Å². The van der Waals surface area contributed by atoms with E-state index in [2.05, 4.69) is 34.4 Å². The maximum absolute atomic E-state index is 6.08. The first-order valence-corrected chi connectivity index (χ1v) is 6.35. The summed E-state index contributed by atoms with van der Waals surface area (Å²) in [6.45, 7) is 5.05. The van der Waals surface area contributed by atoms with E-state index in [4.69, 9.17) is 5.73 Å². The van der Waals surface area contributed by atoms with Gasteiger partial charge in [0.25, 0.3) is 0 Å². The molecule has 1 unspecified atom stereocenters. The zero-order chi connectivity index (χ0) is 13.4. The van der Waals surface area contributed by atoms with Crippen molar-refractivity contribution in [1.82, 2.24) is 19.1 Å². The molecule has 0 saturated heterocycles. The Hall–Kier alpha value is -2.30. The number of anilines is 1. The van der Waals surface area contributed by atoms with Crippen molar-refractivity contribution in [2.24, 2.45) is 0 Å². The molecule has 19 heavy (non-hydrogen) atoms. The number of benzene rings is 1. The van der Waals surface area contributed by atoms with Crippen LogP contribution in [0.2, 0.25) is 0 Å². The van der Waals surface area contributed by atoms with Crippen molar-refractivity contribution < 1.29 is 0 Å². The van der Waals surface area contributed by atoms with Gasteiger partial charge in [-0.05, 0) is 25.5 Å². The molecule has 2 aromatic heterocycles. The number of aryl methyl sites for hydroxylation is 1. The minimum Gasteiger partial charge on any atom is -0.369 e. The van der Waals surface area contributed by atoms with Crippen LogP contribution < -0.4 is 5.73 Å². The van der Waals surface area contributed by atoms with Gasteiger partial charge in [-0.1, -0.05) is 12.1 Å². The number of fused-ring (bicyclic) bond motifs is 1. The van der Waals surface area contributed by atoms with E-state index in [0.29, 0.717) is 5.95 Å². The Labute approximate surface area is 111 Å². The van der Waals surface area contributed by atoms with Crippen LogP contribution in [0.15, 0.2) is 36.9 Å². The van der Waals surface area contributed by atoms with Crippen LogP contribution in [0, 0.1) is 6.92 Å². The predicted octanol–water partition coefficient (Wildman–Crippen LogP) is 2.38. The largest absolute Gasteiger partial charge is 0.369 e. The van der Waals surface area contributed by atoms with Crippen LogP contribution in [0.25, 0.3) is 11.0 Å². The Balaban J connectivity index is 2.06. The number of rotatable bonds is 3. The summed E-state index contributed by atoms with van der Waals surface area (Å²) < 4.78 is 4.15. The molecule has 2 N–H and O–H groups in total. The molecular weight excluding hydrogens is 238 g/mol. The van der Waals surface area contributed by atoms with Crippen molar-refractivity contribution in [2.75, 3.05) is 5.73 Å². The second-order valence-electron chi connectivity index (χ2n) is 4.89. The fraction of sp³-hybridized carbons (Fsp3) is 0.286. The molecule has 0 aliphatic heterocycles. The van der Waals surface area contributed by atoms with Crippen LogP contribution >= 0.6 is 0 Å². The van der Waals surface area contributed by atoms with Gasteiger partial charge in [0.2, 0.25) is 5.95 Å². The minimum atomic E-state index is 0.222. The molecule has 1 aromatic carbocycles. The van der Waals surface area contributed by atoms with Crippen LogP contribution in [0.4, 0.5) is 5.95 Å². The quantitative estimate of drug-likeness (QED) is 0.781. The summed E-state index contributed by atoms with van der Waals surface area (Å²) >= 11 is 0. The summed E-state index contributed by atoms with van der Waals surface area (Å²) in [6, 6.07) is 6.32. The van der Waals surface area contributed by atoms with E-state index < -0.39 is 0 Å². The first kappa shape index (κ1) is 11.8. The number of nitrogen functional groups attached to an aromatic ring is 1. The van der Waals surface area contributed by atoms with E-state index in [0.717, 1.165) is 17.6 Å². The topological polar surface area (TPSA) is 61.7 Å². The molecular formula is C14H17N5. The van der Waals surface area contributed by atoms with Gasteiger partial charge in [0, 0.05) is 18.9 Å². The smallest absolute Gasteiger partial charge is 0.201 e. The molecule has 5 heteroatoms. The van der Waals surface area contributed by atoms with E-state index in [-0.39, 0.29) is 6.04 Å². The number of hydrogen-bond donors (Lipinski definition) is 1. The molecule has 3 aromatic rings. The molecule has 2 heterocycles. The standard InChI is InChI=1S/C14H17N5/c1-10-4-3-5-12-13(10)19(14(15)17-12)11(2)8-18-7-6-16-9-18/h3-7,9,11H,8H2,1-2H3,(H2,15,17). The van der Waals surface area contributed by atoms with E-state index in [9.17, 15) is 0 Å². The SMILES string of the molecule is Cc1cccc2nc(N)n(C(C)Cn3ccnc3)c12. The summed E-state index contributed by atoms with van der Waals surface area (Å²) in [5, 5.41) is 0. The molecule has 0 aliphatic rings. The van der Waals surface area contributed by atoms with Crippen molar-refractivity contribution in [1.29, 1.82) is 0 Å². The molecule has 0 fully saturated rings. The van der Waals surface area contributed by atoms with Gasteiger partial charge in [-0.3, -0.25) is 0 Å². The van der Waals surface area contributed by atoms with Crippen molar-refractivity contribution in [3.8, 4) is 0 Å². The molecule has 0 bridgehead atoms. The molecule has 0 spiro atoms. The molecule has 1 atom stereocenters. The highest BCUT2D eigenvalue weighted by Crippen LogP contribution is 2.26. The summed E-state index contributed by atoms with van der Waals surface area (Å²) in [4.78, 5) is 8.51. The highest BCUT2D eigenvalue weighted by molar-refractivity contribution is 5.81. The van der Waals surface area contributed by atoms with Gasteiger partial charge in [-0.15, -0.1) is 0 Å². The average Bonchev–Trinajstić information content (AvgIpc) is 2.96. The van der Waals surface area contributed by atoms with Gasteiger partial charge >= 0.3 is 0 Å². The highest BCUT2D eigenvalue weighted by atomic mass is 15.2. The molecule has 0 aliphatic carbocycles. The molecule has 3 rings (SSSR count). The summed E-state index contributed by atoms with van der Waals surface area (Å²) in [5.41, 5.74) is 9.34. The second-order valence-corrected chi connectivity index (χ2v) is 4.89. The lowest BCUT2D eigenvalue weighted by Crippen LogP contribution is -2.14. The molecule has 5 nitrogen and oxygen atoms in total. The maximum atomic E-state index is 6.08. The van der Waals surface area contributed by atoms with Crippen LogP contribution in [0.1, 0.15) is 18.5 Å². The van der Waals surface area contributed by atoms with E-state index in [1.165, 1.54) is 5.56 Å². The lowest BCUT2D eigenvalue weighted by Gasteiger charge is -2.17. The van der Waals surface area contributed by atoms with Crippen LogP contribution in [0.5, 0.6) is 0 Å². The van der Waals surface area contributed by atoms with Gasteiger partial charge in [-0.25, -0.2) is 9.97 Å². The number of para-hydroxylation sites is 1. The zero-order valence-electron chi connectivity index (χ0n) is 11.1. The van der Waals surface area contributed by atoms with Gasteiger partial charge in [0.15, 0.2) is 0 Å². The van der Waals surface area contributed by atoms with Gasteiger partial charge in [-0.2, -0.15) is 0 Å². The van der Waals surface area contributed by atoms with Crippen molar-refractivity contribution in [3.05, 3.63) is 42.5 Å². The lowest BCUT2D eigenvalue weighted by atomic mass is 10.2. The summed E-state index contributed by atoms with van der Waals surface area (Å²) in [7, 11) is 0. The number of nitrogens with zero attached hydrogens (tertiary/aromatic N) is 4. The molecule has 0 radical (unpaired) electrons. The predicted molar refractivity (Wildman–Crippen MR) is 75.8 cm³/mol. The molecule has 98 valence electrons.